The van der Waals surface area contributed by atoms with Crippen molar-refractivity contribution in [2.24, 2.45) is 0 Å². The second-order valence-electron chi connectivity index (χ2n) is 6.31. The van der Waals surface area contributed by atoms with Crippen molar-refractivity contribution in [1.82, 2.24) is 10.3 Å². The number of nitrogens with zero attached hydrogens (tertiary/aromatic N) is 1. The highest BCUT2D eigenvalue weighted by Gasteiger charge is 2.17. The van der Waals surface area contributed by atoms with Gasteiger partial charge in [-0.15, -0.1) is 0 Å². The maximum atomic E-state index is 5.69. The summed E-state index contributed by atoms with van der Waals surface area (Å²) in [7, 11) is 4.74. The third-order valence-corrected chi connectivity index (χ3v) is 4.60. The molecule has 0 saturated heterocycles. The topological polar surface area (TPSA) is 65.8 Å². The van der Waals surface area contributed by atoms with Gasteiger partial charge in [0.15, 0.2) is 11.5 Å². The first-order valence-corrected chi connectivity index (χ1v) is 9.23. The van der Waals surface area contributed by atoms with E-state index in [1.165, 1.54) is 5.56 Å². The second-order valence-corrected chi connectivity index (χ2v) is 6.31. The standard InChI is InChI=1S/C22H26N2O4/c1-5-18(15-9-7-6-8-10-15)23-13-17-14-28-22(24-17)16-11-19(25-2)21(27-4)20(12-16)26-3/h6-12,14,18,23H,5,13H2,1-4H3. The Morgan fingerprint density at radius 3 is 2.25 bits per heavy atom. The number of aromatic nitrogens is 1. The van der Waals surface area contributed by atoms with Crippen molar-refractivity contribution < 1.29 is 18.6 Å². The van der Waals surface area contributed by atoms with Crippen molar-refractivity contribution in [3.05, 3.63) is 60.0 Å². The Labute approximate surface area is 165 Å². The molecule has 3 aromatic rings. The molecule has 1 atom stereocenters. The van der Waals surface area contributed by atoms with Crippen LogP contribution in [-0.2, 0) is 6.54 Å². The molecule has 0 aliphatic carbocycles. The number of hydrogen-bond donors (Lipinski definition) is 1. The molecule has 3 rings (SSSR count). The highest BCUT2D eigenvalue weighted by molar-refractivity contribution is 5.65. The minimum absolute atomic E-state index is 0.266. The maximum Gasteiger partial charge on any atom is 0.226 e. The van der Waals surface area contributed by atoms with Crippen molar-refractivity contribution >= 4 is 0 Å². The van der Waals surface area contributed by atoms with Gasteiger partial charge in [0.25, 0.3) is 0 Å². The first-order chi connectivity index (χ1) is 13.7. The lowest BCUT2D eigenvalue weighted by molar-refractivity contribution is 0.324. The maximum absolute atomic E-state index is 5.69. The van der Waals surface area contributed by atoms with Crippen molar-refractivity contribution in [2.75, 3.05) is 21.3 Å². The van der Waals surface area contributed by atoms with Gasteiger partial charge < -0.3 is 23.9 Å². The van der Waals surface area contributed by atoms with Gasteiger partial charge in [0.1, 0.15) is 6.26 Å². The summed E-state index contributed by atoms with van der Waals surface area (Å²) in [5.74, 6) is 2.16. The van der Waals surface area contributed by atoms with Gasteiger partial charge in [-0.1, -0.05) is 37.3 Å². The Morgan fingerprint density at radius 1 is 1.00 bits per heavy atom. The summed E-state index contributed by atoms with van der Waals surface area (Å²) in [6.45, 7) is 2.77. The summed E-state index contributed by atoms with van der Waals surface area (Å²) >= 11 is 0. The predicted molar refractivity (Wildman–Crippen MR) is 108 cm³/mol. The number of oxazole rings is 1. The Balaban J connectivity index is 1.77. The highest BCUT2D eigenvalue weighted by atomic mass is 16.5. The third kappa shape index (κ3) is 4.28. The van der Waals surface area contributed by atoms with Crippen LogP contribution in [0.5, 0.6) is 17.2 Å². The fraction of sp³-hybridized carbons (Fsp3) is 0.318. The van der Waals surface area contributed by atoms with Crippen LogP contribution in [0, 0.1) is 0 Å². The van der Waals surface area contributed by atoms with Crippen LogP contribution in [0.3, 0.4) is 0 Å². The van der Waals surface area contributed by atoms with Crippen LogP contribution in [0.15, 0.2) is 53.1 Å². The van der Waals surface area contributed by atoms with E-state index in [0.717, 1.165) is 17.7 Å². The van der Waals surface area contributed by atoms with Crippen LogP contribution in [0.2, 0.25) is 0 Å². The van der Waals surface area contributed by atoms with E-state index >= 15 is 0 Å². The zero-order valence-electron chi connectivity index (χ0n) is 16.7. The number of methoxy groups -OCH3 is 3. The molecule has 1 aromatic heterocycles. The average molecular weight is 382 g/mol. The molecule has 1 unspecified atom stereocenters. The number of rotatable bonds is 9. The Morgan fingerprint density at radius 2 is 1.68 bits per heavy atom. The first-order valence-electron chi connectivity index (χ1n) is 9.23. The van der Waals surface area contributed by atoms with Gasteiger partial charge in [0.05, 0.1) is 27.0 Å². The quantitative estimate of drug-likeness (QED) is 0.583. The molecule has 1 heterocycles. The molecule has 0 radical (unpaired) electrons. The summed E-state index contributed by atoms with van der Waals surface area (Å²) in [6.07, 6.45) is 2.66. The lowest BCUT2D eigenvalue weighted by Crippen LogP contribution is -2.20. The molecule has 0 bridgehead atoms. The van der Waals surface area contributed by atoms with Gasteiger partial charge in [-0.25, -0.2) is 4.98 Å². The minimum atomic E-state index is 0.266. The molecule has 6 nitrogen and oxygen atoms in total. The molecular formula is C22H26N2O4. The Hall–Kier alpha value is -2.99. The van der Waals surface area contributed by atoms with Gasteiger partial charge >= 0.3 is 0 Å². The lowest BCUT2D eigenvalue weighted by Gasteiger charge is -2.16. The first kappa shape index (κ1) is 19.8. The van der Waals surface area contributed by atoms with Crippen LogP contribution in [0.4, 0.5) is 0 Å². The van der Waals surface area contributed by atoms with E-state index in [-0.39, 0.29) is 6.04 Å². The van der Waals surface area contributed by atoms with Crippen LogP contribution in [-0.4, -0.2) is 26.3 Å². The fourth-order valence-electron chi connectivity index (χ4n) is 3.14. The Bertz CT molecular complexity index is 868. The normalized spacial score (nSPS) is 11.9. The SMILES string of the molecule is CCC(NCc1coc(-c2cc(OC)c(OC)c(OC)c2)n1)c1ccccc1. The van der Waals surface area contributed by atoms with Gasteiger partial charge in [-0.05, 0) is 24.1 Å². The van der Waals surface area contributed by atoms with E-state index in [4.69, 9.17) is 18.6 Å². The molecule has 6 heteroatoms. The zero-order valence-corrected chi connectivity index (χ0v) is 16.7. The molecule has 0 aliphatic rings. The van der Waals surface area contributed by atoms with E-state index in [1.54, 1.807) is 27.6 Å². The van der Waals surface area contributed by atoms with Gasteiger partial charge in [-0.2, -0.15) is 0 Å². The summed E-state index contributed by atoms with van der Waals surface area (Å²) in [6, 6.07) is 14.3. The number of hydrogen-bond acceptors (Lipinski definition) is 6. The molecule has 1 N–H and O–H groups in total. The zero-order chi connectivity index (χ0) is 19.9. The van der Waals surface area contributed by atoms with Crippen LogP contribution < -0.4 is 19.5 Å². The predicted octanol–water partition coefficient (Wildman–Crippen LogP) is 4.61. The van der Waals surface area contributed by atoms with Crippen LogP contribution in [0.25, 0.3) is 11.5 Å². The third-order valence-electron chi connectivity index (χ3n) is 4.60. The molecule has 0 saturated carbocycles. The number of nitrogens with one attached hydrogen (secondary N) is 1. The van der Waals surface area contributed by atoms with Gasteiger partial charge in [0, 0.05) is 18.2 Å². The molecule has 0 aliphatic heterocycles. The molecule has 0 amide bonds. The van der Waals surface area contributed by atoms with Crippen molar-refractivity contribution in [3.8, 4) is 28.7 Å². The summed E-state index contributed by atoms with van der Waals surface area (Å²) in [4.78, 5) is 4.61. The van der Waals surface area contributed by atoms with E-state index in [2.05, 4.69) is 41.5 Å². The van der Waals surface area contributed by atoms with E-state index in [0.29, 0.717) is 29.7 Å². The van der Waals surface area contributed by atoms with Crippen molar-refractivity contribution in [2.45, 2.75) is 25.9 Å². The second kappa shape index (κ2) is 9.28. The van der Waals surface area contributed by atoms with E-state index in [1.807, 2.05) is 18.2 Å². The molecule has 28 heavy (non-hydrogen) atoms. The molecule has 0 spiro atoms. The van der Waals surface area contributed by atoms with Crippen LogP contribution in [0.1, 0.15) is 30.6 Å². The monoisotopic (exact) mass is 382 g/mol. The van der Waals surface area contributed by atoms with Gasteiger partial charge in [0.2, 0.25) is 11.6 Å². The largest absolute Gasteiger partial charge is 0.493 e. The number of benzene rings is 2. The summed E-state index contributed by atoms with van der Waals surface area (Å²) in [5, 5.41) is 3.54. The number of ether oxygens (including phenoxy) is 3. The molecule has 2 aromatic carbocycles. The van der Waals surface area contributed by atoms with Crippen molar-refractivity contribution in [3.63, 3.8) is 0 Å². The highest BCUT2D eigenvalue weighted by Crippen LogP contribution is 2.40. The van der Waals surface area contributed by atoms with Crippen molar-refractivity contribution in [1.29, 1.82) is 0 Å². The Kier molecular flexibility index (Phi) is 6.55. The fourth-order valence-corrected chi connectivity index (χ4v) is 3.14. The summed E-state index contributed by atoms with van der Waals surface area (Å²) < 4.78 is 21.9. The molecule has 148 valence electrons. The average Bonchev–Trinajstić information content (AvgIpc) is 3.22. The summed E-state index contributed by atoms with van der Waals surface area (Å²) in [5.41, 5.74) is 2.85. The van der Waals surface area contributed by atoms with E-state index < -0.39 is 0 Å². The lowest BCUT2D eigenvalue weighted by atomic mass is 10.0. The van der Waals surface area contributed by atoms with E-state index in [9.17, 15) is 0 Å². The van der Waals surface area contributed by atoms with Crippen LogP contribution >= 0.6 is 0 Å². The van der Waals surface area contributed by atoms with Gasteiger partial charge in [-0.3, -0.25) is 0 Å². The smallest absolute Gasteiger partial charge is 0.226 e. The minimum Gasteiger partial charge on any atom is -0.493 e. The molecular weight excluding hydrogens is 356 g/mol. The molecule has 0 fully saturated rings.